The third kappa shape index (κ3) is 10.4. The number of carbonyl (C=O) groups is 2. The zero-order chi connectivity index (χ0) is 17.9. The molecular weight excluding hydrogens is 331 g/mol. The van der Waals surface area contributed by atoms with Crippen molar-refractivity contribution in [3.63, 3.8) is 0 Å². The number of carbonyl (C=O) groups excluding carboxylic acids is 2. The Kier molecular flexibility index (Phi) is 10.3. The highest BCUT2D eigenvalue weighted by Crippen LogP contribution is 2.33. The molecule has 1 atom stereocenters. The van der Waals surface area contributed by atoms with Crippen LogP contribution in [0.4, 0.5) is 0 Å². The molecule has 0 rings (SSSR count). The predicted octanol–water partition coefficient (Wildman–Crippen LogP) is 0.330. The predicted molar refractivity (Wildman–Crippen MR) is 79.9 cm³/mol. The van der Waals surface area contributed by atoms with E-state index in [4.69, 9.17) is 24.0 Å². The van der Waals surface area contributed by atoms with Gasteiger partial charge in [0.2, 0.25) is 0 Å². The second kappa shape index (κ2) is 10.7. The smallest absolute Gasteiger partial charge is 0.336 e. The molecule has 0 spiro atoms. The van der Waals surface area contributed by atoms with Gasteiger partial charge < -0.3 is 28.7 Å². The minimum atomic E-state index is -4.40. The Balaban J connectivity index is 3.69. The van der Waals surface area contributed by atoms with Gasteiger partial charge in [-0.2, -0.15) is 0 Å². The SMILES string of the molecule is CCC(C)(COCCOCCOC(=O)CP(=O)(O)O)C(=O)OC. The molecule has 0 saturated carbocycles. The van der Waals surface area contributed by atoms with E-state index in [-0.39, 0.29) is 39.0 Å². The molecule has 0 saturated heterocycles. The van der Waals surface area contributed by atoms with Gasteiger partial charge in [0, 0.05) is 0 Å². The first-order valence-corrected chi connectivity index (χ1v) is 8.88. The van der Waals surface area contributed by atoms with E-state index >= 15 is 0 Å². The molecule has 0 radical (unpaired) electrons. The third-order valence-electron chi connectivity index (χ3n) is 3.08. The summed E-state index contributed by atoms with van der Waals surface area (Å²) in [5.74, 6) is -1.31. The van der Waals surface area contributed by atoms with Crippen LogP contribution in [0.3, 0.4) is 0 Å². The van der Waals surface area contributed by atoms with Crippen molar-refractivity contribution < 1.29 is 42.9 Å². The fraction of sp³-hybridized carbons (Fsp3) is 0.846. The lowest BCUT2D eigenvalue weighted by atomic mass is 9.89. The number of hydrogen-bond donors (Lipinski definition) is 2. The summed E-state index contributed by atoms with van der Waals surface area (Å²) < 4.78 is 30.3. The van der Waals surface area contributed by atoms with Crippen LogP contribution < -0.4 is 0 Å². The van der Waals surface area contributed by atoms with Crippen LogP contribution in [0, 0.1) is 5.41 Å². The van der Waals surface area contributed by atoms with Crippen molar-refractivity contribution >= 4 is 19.5 Å². The van der Waals surface area contributed by atoms with Crippen LogP contribution in [-0.2, 0) is 33.1 Å². The zero-order valence-corrected chi connectivity index (χ0v) is 14.5. The van der Waals surface area contributed by atoms with Crippen molar-refractivity contribution in [2.24, 2.45) is 5.41 Å². The summed E-state index contributed by atoms with van der Waals surface area (Å²) in [6.07, 6.45) is -0.366. The quantitative estimate of drug-likeness (QED) is 0.289. The fourth-order valence-corrected chi connectivity index (χ4v) is 1.92. The highest BCUT2D eigenvalue weighted by Gasteiger charge is 2.32. The van der Waals surface area contributed by atoms with Crippen molar-refractivity contribution in [1.29, 1.82) is 0 Å². The number of ether oxygens (including phenoxy) is 4. The Morgan fingerprint density at radius 3 is 2.17 bits per heavy atom. The Morgan fingerprint density at radius 2 is 1.65 bits per heavy atom. The maximum absolute atomic E-state index is 11.6. The largest absolute Gasteiger partial charge is 0.469 e. The monoisotopic (exact) mass is 356 g/mol. The summed E-state index contributed by atoms with van der Waals surface area (Å²) in [6.45, 7) is 4.28. The molecular formula is C13H25O9P. The summed E-state index contributed by atoms with van der Waals surface area (Å²) in [4.78, 5) is 39.7. The van der Waals surface area contributed by atoms with E-state index in [0.717, 1.165) is 0 Å². The topological polar surface area (TPSA) is 129 Å². The van der Waals surface area contributed by atoms with Crippen molar-refractivity contribution in [2.75, 3.05) is 46.3 Å². The molecule has 23 heavy (non-hydrogen) atoms. The molecule has 136 valence electrons. The molecule has 0 aliphatic carbocycles. The van der Waals surface area contributed by atoms with Crippen molar-refractivity contribution in [3.8, 4) is 0 Å². The van der Waals surface area contributed by atoms with Crippen molar-refractivity contribution in [1.82, 2.24) is 0 Å². The highest BCUT2D eigenvalue weighted by atomic mass is 31.2. The van der Waals surface area contributed by atoms with E-state index in [9.17, 15) is 14.2 Å². The second-order valence-electron chi connectivity index (χ2n) is 5.11. The Morgan fingerprint density at radius 1 is 1.09 bits per heavy atom. The lowest BCUT2D eigenvalue weighted by Crippen LogP contribution is -2.33. The van der Waals surface area contributed by atoms with Gasteiger partial charge in [-0.15, -0.1) is 0 Å². The van der Waals surface area contributed by atoms with Gasteiger partial charge in [-0.25, -0.2) is 0 Å². The normalized spacial score (nSPS) is 14.1. The average Bonchev–Trinajstić information content (AvgIpc) is 2.46. The zero-order valence-electron chi connectivity index (χ0n) is 13.6. The first-order chi connectivity index (χ1) is 10.6. The van der Waals surface area contributed by atoms with E-state index in [1.807, 2.05) is 6.92 Å². The van der Waals surface area contributed by atoms with Gasteiger partial charge in [0.1, 0.15) is 12.8 Å². The number of rotatable bonds is 12. The minimum Gasteiger partial charge on any atom is -0.469 e. The van der Waals surface area contributed by atoms with Gasteiger partial charge in [0.15, 0.2) is 0 Å². The minimum absolute atomic E-state index is 0.0817. The number of hydrogen-bond acceptors (Lipinski definition) is 7. The maximum atomic E-state index is 11.6. The number of esters is 2. The Hall–Kier alpha value is -0.990. The first-order valence-electron chi connectivity index (χ1n) is 7.08. The van der Waals surface area contributed by atoms with Gasteiger partial charge in [0.25, 0.3) is 0 Å². The van der Waals surface area contributed by atoms with E-state index < -0.39 is 25.1 Å². The lowest BCUT2D eigenvalue weighted by Gasteiger charge is -2.24. The van der Waals surface area contributed by atoms with Crippen molar-refractivity contribution in [2.45, 2.75) is 20.3 Å². The fourth-order valence-electron chi connectivity index (χ4n) is 1.50. The molecule has 10 heteroatoms. The molecule has 0 heterocycles. The van der Waals surface area contributed by atoms with Crippen LogP contribution in [0.15, 0.2) is 0 Å². The van der Waals surface area contributed by atoms with E-state index in [1.165, 1.54) is 7.11 Å². The summed E-state index contributed by atoms with van der Waals surface area (Å²) in [5, 5.41) is 0. The molecule has 1 unspecified atom stereocenters. The van der Waals surface area contributed by atoms with E-state index in [0.29, 0.717) is 6.42 Å². The third-order valence-corrected chi connectivity index (χ3v) is 3.75. The van der Waals surface area contributed by atoms with E-state index in [2.05, 4.69) is 4.74 Å². The first kappa shape index (κ1) is 22.0. The van der Waals surface area contributed by atoms with Crippen LogP contribution >= 0.6 is 7.60 Å². The van der Waals surface area contributed by atoms with Crippen molar-refractivity contribution in [3.05, 3.63) is 0 Å². The van der Waals surface area contributed by atoms with Gasteiger partial charge in [0.05, 0.1) is 39.0 Å². The molecule has 2 N–H and O–H groups in total. The summed E-state index contributed by atoms with van der Waals surface area (Å²) in [5.41, 5.74) is -0.702. The molecule has 0 aliphatic rings. The summed E-state index contributed by atoms with van der Waals surface area (Å²) >= 11 is 0. The molecule has 0 fully saturated rings. The van der Waals surface area contributed by atoms with Crippen LogP contribution in [0.1, 0.15) is 20.3 Å². The molecule has 9 nitrogen and oxygen atoms in total. The standard InChI is InChI=1S/C13H25O9P/c1-4-13(2,12(15)19-3)10-21-6-5-20-7-8-22-11(14)9-23(16,17)18/h4-10H2,1-3H3,(H2,16,17,18). The summed E-state index contributed by atoms with van der Waals surface area (Å²) in [7, 11) is -3.07. The van der Waals surface area contributed by atoms with Gasteiger partial charge in [-0.05, 0) is 13.3 Å². The van der Waals surface area contributed by atoms with Gasteiger partial charge >= 0.3 is 19.5 Å². The number of methoxy groups -OCH3 is 1. The molecule has 0 aromatic heterocycles. The molecule has 0 amide bonds. The van der Waals surface area contributed by atoms with Gasteiger partial charge in [-0.1, -0.05) is 6.92 Å². The maximum Gasteiger partial charge on any atom is 0.336 e. The molecule has 0 aliphatic heterocycles. The van der Waals surface area contributed by atoms with E-state index in [1.54, 1.807) is 6.92 Å². The highest BCUT2D eigenvalue weighted by molar-refractivity contribution is 7.52. The van der Waals surface area contributed by atoms with Gasteiger partial charge in [-0.3, -0.25) is 14.2 Å². The average molecular weight is 356 g/mol. The van der Waals surface area contributed by atoms with Crippen LogP contribution in [0.2, 0.25) is 0 Å². The lowest BCUT2D eigenvalue weighted by molar-refractivity contribution is -0.156. The summed E-state index contributed by atoms with van der Waals surface area (Å²) in [6, 6.07) is 0. The molecule has 0 aromatic carbocycles. The molecule has 0 aromatic rings. The molecule has 0 bridgehead atoms. The Labute approximate surface area is 135 Å². The second-order valence-corrected chi connectivity index (χ2v) is 6.76. The van der Waals surface area contributed by atoms with Crippen LogP contribution in [0.5, 0.6) is 0 Å². The van der Waals surface area contributed by atoms with Crippen LogP contribution in [-0.4, -0.2) is 68.0 Å². The Bertz CT molecular complexity index is 420. The van der Waals surface area contributed by atoms with Crippen LogP contribution in [0.25, 0.3) is 0 Å².